The highest BCUT2D eigenvalue weighted by atomic mass is 32.1. The molecule has 3 amide bonds. The number of hydrogen-bond acceptors (Lipinski definition) is 6. The summed E-state index contributed by atoms with van der Waals surface area (Å²) in [7, 11) is 0. The second kappa shape index (κ2) is 7.92. The number of fused-ring (bicyclic) bond motifs is 1. The van der Waals surface area contributed by atoms with Crippen LogP contribution in [0, 0.1) is 12.3 Å². The van der Waals surface area contributed by atoms with Gasteiger partial charge in [0.1, 0.15) is 0 Å². The minimum Gasteiger partial charge on any atom is -0.326 e. The standard InChI is InChI=1S/C20H22N4O3S2/c1-10-8-15(23-18(27)20(3,4)5)29-16(10)17(26)24-19-22-13-7-6-12(21-11(2)25)9-14(13)28-19/h6-9H,1-5H3,(H,21,25)(H,23,27)(H,22,24,26). The van der Waals surface area contributed by atoms with E-state index in [1.807, 2.05) is 33.8 Å². The topological polar surface area (TPSA) is 100 Å². The van der Waals surface area contributed by atoms with Gasteiger partial charge in [-0.05, 0) is 36.8 Å². The Balaban J connectivity index is 1.76. The molecule has 3 aromatic rings. The molecule has 0 unspecified atom stereocenters. The summed E-state index contributed by atoms with van der Waals surface area (Å²) >= 11 is 2.56. The molecule has 0 aliphatic carbocycles. The Hall–Kier alpha value is -2.78. The third-order valence-electron chi connectivity index (χ3n) is 3.97. The Morgan fingerprint density at radius 1 is 1.00 bits per heavy atom. The number of rotatable bonds is 4. The summed E-state index contributed by atoms with van der Waals surface area (Å²) in [6.07, 6.45) is 0. The molecular formula is C20H22N4O3S2. The quantitative estimate of drug-likeness (QED) is 0.550. The highest BCUT2D eigenvalue weighted by Crippen LogP contribution is 2.31. The third-order valence-corrected chi connectivity index (χ3v) is 6.06. The number of anilines is 3. The van der Waals surface area contributed by atoms with Crippen LogP contribution >= 0.6 is 22.7 Å². The van der Waals surface area contributed by atoms with Gasteiger partial charge in [0.25, 0.3) is 5.91 Å². The highest BCUT2D eigenvalue weighted by molar-refractivity contribution is 7.22. The molecule has 3 N–H and O–H groups in total. The number of thiazole rings is 1. The molecule has 0 atom stereocenters. The lowest BCUT2D eigenvalue weighted by Crippen LogP contribution is -2.27. The number of amides is 3. The molecule has 3 rings (SSSR count). The molecule has 0 saturated heterocycles. The van der Waals surface area contributed by atoms with Crippen LogP contribution in [0.15, 0.2) is 24.3 Å². The van der Waals surface area contributed by atoms with E-state index in [4.69, 9.17) is 0 Å². The normalized spacial score (nSPS) is 11.3. The molecule has 0 saturated carbocycles. The summed E-state index contributed by atoms with van der Waals surface area (Å²) in [6.45, 7) is 8.78. The average Bonchev–Trinajstić information content (AvgIpc) is 3.15. The van der Waals surface area contributed by atoms with Crippen LogP contribution in [0.5, 0.6) is 0 Å². The van der Waals surface area contributed by atoms with Gasteiger partial charge in [0, 0.05) is 18.0 Å². The monoisotopic (exact) mass is 430 g/mol. The number of nitrogens with zero attached hydrogens (tertiary/aromatic N) is 1. The molecule has 29 heavy (non-hydrogen) atoms. The van der Waals surface area contributed by atoms with E-state index in [2.05, 4.69) is 20.9 Å². The number of aryl methyl sites for hydroxylation is 1. The number of carbonyl (C=O) groups excluding carboxylic acids is 3. The van der Waals surface area contributed by atoms with Crippen molar-refractivity contribution in [3.8, 4) is 0 Å². The number of carbonyl (C=O) groups is 3. The van der Waals surface area contributed by atoms with Crippen molar-refractivity contribution in [3.05, 3.63) is 34.7 Å². The van der Waals surface area contributed by atoms with Crippen molar-refractivity contribution in [1.29, 1.82) is 0 Å². The predicted octanol–water partition coefficient (Wildman–Crippen LogP) is 4.86. The first-order valence-corrected chi connectivity index (χ1v) is 10.6. The number of thiophene rings is 1. The van der Waals surface area contributed by atoms with Crippen molar-refractivity contribution in [2.45, 2.75) is 34.6 Å². The first-order valence-electron chi connectivity index (χ1n) is 8.94. The molecule has 0 spiro atoms. The number of aromatic nitrogens is 1. The molecule has 0 radical (unpaired) electrons. The van der Waals surface area contributed by atoms with Crippen molar-refractivity contribution < 1.29 is 14.4 Å². The highest BCUT2D eigenvalue weighted by Gasteiger charge is 2.23. The summed E-state index contributed by atoms with van der Waals surface area (Å²) in [5.41, 5.74) is 1.68. The van der Waals surface area contributed by atoms with Crippen molar-refractivity contribution >= 4 is 66.4 Å². The molecule has 0 fully saturated rings. The first-order chi connectivity index (χ1) is 13.5. The van der Waals surface area contributed by atoms with Gasteiger partial charge in [-0.15, -0.1) is 11.3 Å². The van der Waals surface area contributed by atoms with E-state index >= 15 is 0 Å². The Labute approximate surface area is 176 Å². The van der Waals surface area contributed by atoms with Crippen molar-refractivity contribution in [2.24, 2.45) is 5.41 Å². The lowest BCUT2D eigenvalue weighted by Gasteiger charge is -2.16. The Bertz CT molecular complexity index is 1110. The predicted molar refractivity (Wildman–Crippen MR) is 119 cm³/mol. The summed E-state index contributed by atoms with van der Waals surface area (Å²) in [5, 5.41) is 9.52. The Morgan fingerprint density at radius 2 is 1.72 bits per heavy atom. The summed E-state index contributed by atoms with van der Waals surface area (Å²) in [5.74, 6) is -0.526. The second-order valence-corrected chi connectivity index (χ2v) is 9.75. The molecule has 0 aliphatic rings. The lowest BCUT2D eigenvalue weighted by molar-refractivity contribution is -0.123. The van der Waals surface area contributed by atoms with E-state index in [9.17, 15) is 14.4 Å². The van der Waals surface area contributed by atoms with Crippen LogP contribution in [0.4, 0.5) is 15.8 Å². The minimum absolute atomic E-state index is 0.105. The average molecular weight is 431 g/mol. The first kappa shape index (κ1) is 20.9. The number of hydrogen-bond donors (Lipinski definition) is 3. The van der Waals surface area contributed by atoms with Crippen LogP contribution < -0.4 is 16.0 Å². The van der Waals surface area contributed by atoms with E-state index in [1.165, 1.54) is 29.6 Å². The maximum Gasteiger partial charge on any atom is 0.267 e. The van der Waals surface area contributed by atoms with Gasteiger partial charge < -0.3 is 10.6 Å². The summed E-state index contributed by atoms with van der Waals surface area (Å²) in [6, 6.07) is 7.17. The van der Waals surface area contributed by atoms with Crippen molar-refractivity contribution in [2.75, 3.05) is 16.0 Å². The smallest absolute Gasteiger partial charge is 0.267 e. The zero-order chi connectivity index (χ0) is 21.3. The molecule has 1 aromatic carbocycles. The van der Waals surface area contributed by atoms with E-state index in [0.29, 0.717) is 20.7 Å². The zero-order valence-corrected chi connectivity index (χ0v) is 18.4. The molecular weight excluding hydrogens is 408 g/mol. The van der Waals surface area contributed by atoms with Gasteiger partial charge in [0.05, 0.1) is 20.1 Å². The van der Waals surface area contributed by atoms with Crippen LogP contribution in [-0.4, -0.2) is 22.7 Å². The number of benzene rings is 1. The minimum atomic E-state index is -0.516. The molecule has 2 heterocycles. The van der Waals surface area contributed by atoms with E-state index < -0.39 is 5.41 Å². The summed E-state index contributed by atoms with van der Waals surface area (Å²) < 4.78 is 0.854. The van der Waals surface area contributed by atoms with Gasteiger partial charge in [0.2, 0.25) is 11.8 Å². The van der Waals surface area contributed by atoms with E-state index in [1.54, 1.807) is 18.2 Å². The maximum absolute atomic E-state index is 12.7. The van der Waals surface area contributed by atoms with E-state index in [0.717, 1.165) is 15.8 Å². The summed E-state index contributed by atoms with van der Waals surface area (Å²) in [4.78, 5) is 41.0. The fourth-order valence-electron chi connectivity index (χ4n) is 2.48. The molecule has 0 aliphatic heterocycles. The molecule has 2 aromatic heterocycles. The van der Waals surface area contributed by atoms with Crippen LogP contribution in [0.2, 0.25) is 0 Å². The fourth-order valence-corrected chi connectivity index (χ4v) is 4.34. The lowest BCUT2D eigenvalue weighted by atomic mass is 9.96. The third kappa shape index (κ3) is 4.99. The van der Waals surface area contributed by atoms with Gasteiger partial charge in [-0.25, -0.2) is 4.98 Å². The van der Waals surface area contributed by atoms with Gasteiger partial charge in [-0.2, -0.15) is 0 Å². The van der Waals surface area contributed by atoms with Crippen molar-refractivity contribution in [1.82, 2.24) is 4.98 Å². The van der Waals surface area contributed by atoms with Gasteiger partial charge in [0.15, 0.2) is 5.13 Å². The molecule has 152 valence electrons. The van der Waals surface area contributed by atoms with Gasteiger partial charge in [-0.1, -0.05) is 32.1 Å². The SMILES string of the molecule is CC(=O)Nc1ccc2nc(NC(=O)c3sc(NC(=O)C(C)(C)C)cc3C)sc2c1. The number of nitrogens with one attached hydrogen (secondary N) is 3. The Kier molecular flexibility index (Phi) is 5.72. The molecule has 9 heteroatoms. The van der Waals surface area contributed by atoms with Gasteiger partial charge >= 0.3 is 0 Å². The fraction of sp³-hybridized carbons (Fsp3) is 0.300. The van der Waals surface area contributed by atoms with Crippen LogP contribution in [-0.2, 0) is 9.59 Å². The van der Waals surface area contributed by atoms with Crippen LogP contribution in [0.25, 0.3) is 10.2 Å². The van der Waals surface area contributed by atoms with Gasteiger partial charge in [-0.3, -0.25) is 19.7 Å². The second-order valence-electron chi connectivity index (χ2n) is 7.66. The van der Waals surface area contributed by atoms with E-state index in [-0.39, 0.29) is 17.7 Å². The van der Waals surface area contributed by atoms with Crippen molar-refractivity contribution in [3.63, 3.8) is 0 Å². The molecule has 0 bridgehead atoms. The largest absolute Gasteiger partial charge is 0.326 e. The van der Waals surface area contributed by atoms with Crippen LogP contribution in [0.3, 0.4) is 0 Å². The Morgan fingerprint density at radius 3 is 2.38 bits per heavy atom. The molecule has 7 nitrogen and oxygen atoms in total. The maximum atomic E-state index is 12.7. The zero-order valence-electron chi connectivity index (χ0n) is 16.8. The van der Waals surface area contributed by atoms with Crippen LogP contribution in [0.1, 0.15) is 42.9 Å².